The third-order valence-corrected chi connectivity index (χ3v) is 6.40. The van der Waals surface area contributed by atoms with Gasteiger partial charge in [0.15, 0.2) is 0 Å². The molecular weight excluding hydrogens is 376 g/mol. The first-order chi connectivity index (χ1) is 13.6. The van der Waals surface area contributed by atoms with E-state index < -0.39 is 18.3 Å². The maximum absolute atomic E-state index is 10.5. The Balaban J connectivity index is 1.67. The molecule has 4 N–H and O–H groups in total. The molecule has 148 valence electrons. The van der Waals surface area contributed by atoms with Gasteiger partial charge in [0.25, 0.3) is 0 Å². The Morgan fingerprint density at radius 3 is 2.61 bits per heavy atom. The third-order valence-electron chi connectivity index (χ3n) is 5.29. The highest BCUT2D eigenvalue weighted by Gasteiger charge is 2.31. The van der Waals surface area contributed by atoms with Gasteiger partial charge in [0.2, 0.25) is 0 Å². The van der Waals surface area contributed by atoms with Crippen LogP contribution in [0, 0.1) is 0 Å². The lowest BCUT2D eigenvalue weighted by Crippen LogP contribution is -2.33. The van der Waals surface area contributed by atoms with Crippen LogP contribution >= 0.6 is 11.3 Å². The summed E-state index contributed by atoms with van der Waals surface area (Å²) >= 11 is 1.71. The number of thiophene rings is 1. The lowest BCUT2D eigenvalue weighted by Gasteiger charge is -2.33. The van der Waals surface area contributed by atoms with Gasteiger partial charge in [0, 0.05) is 34.4 Å². The number of aliphatic hydroxyl groups is 3. The van der Waals surface area contributed by atoms with E-state index in [2.05, 4.69) is 18.2 Å². The molecule has 0 unspecified atom stereocenters. The van der Waals surface area contributed by atoms with Gasteiger partial charge in [-0.05, 0) is 40.8 Å². The Morgan fingerprint density at radius 1 is 1.04 bits per heavy atom. The van der Waals surface area contributed by atoms with Crippen LogP contribution in [0.5, 0.6) is 5.75 Å². The molecule has 5 nitrogen and oxygen atoms in total. The van der Waals surface area contributed by atoms with Crippen molar-refractivity contribution < 1.29 is 25.2 Å². The second-order valence-corrected chi connectivity index (χ2v) is 8.49. The number of hydrogen-bond donors (Lipinski definition) is 4. The second-order valence-electron chi connectivity index (χ2n) is 7.32. The molecule has 3 aromatic rings. The molecule has 28 heavy (non-hydrogen) atoms. The Kier molecular flexibility index (Phi) is 5.66. The maximum atomic E-state index is 10.5. The third kappa shape index (κ3) is 3.92. The summed E-state index contributed by atoms with van der Waals surface area (Å²) < 4.78 is 7.08. The average Bonchev–Trinajstić information content (AvgIpc) is 3.10. The molecule has 0 radical (unpaired) electrons. The molecule has 0 bridgehead atoms. The van der Waals surface area contributed by atoms with Crippen molar-refractivity contribution in [2.45, 2.75) is 44.2 Å². The molecule has 0 saturated carbocycles. The fraction of sp³-hybridized carbons (Fsp3) is 0.364. The highest BCUT2D eigenvalue weighted by molar-refractivity contribution is 7.19. The van der Waals surface area contributed by atoms with E-state index >= 15 is 0 Å². The van der Waals surface area contributed by atoms with Gasteiger partial charge in [0.1, 0.15) is 5.75 Å². The minimum atomic E-state index is -0.584. The van der Waals surface area contributed by atoms with Crippen LogP contribution in [-0.4, -0.2) is 39.2 Å². The molecule has 0 amide bonds. The SMILES string of the molecule is OCc1cc(O)c([C@H]2C[C@@H](O)C[C@@H](CO)O2)cc1Cc1cc2ccccc2s1. The normalized spacial score (nSPS) is 22.6. The highest BCUT2D eigenvalue weighted by Crippen LogP contribution is 2.38. The van der Waals surface area contributed by atoms with E-state index in [1.165, 1.54) is 15.0 Å². The minimum Gasteiger partial charge on any atom is -0.508 e. The molecule has 4 rings (SSSR count). The van der Waals surface area contributed by atoms with Crippen molar-refractivity contribution in [3.05, 3.63) is 64.0 Å². The van der Waals surface area contributed by atoms with Gasteiger partial charge in [-0.25, -0.2) is 0 Å². The van der Waals surface area contributed by atoms with E-state index in [9.17, 15) is 20.4 Å². The van der Waals surface area contributed by atoms with E-state index in [0.717, 1.165) is 5.56 Å². The van der Waals surface area contributed by atoms with Crippen LogP contribution in [-0.2, 0) is 17.8 Å². The molecule has 1 aliphatic heterocycles. The smallest absolute Gasteiger partial charge is 0.121 e. The summed E-state index contributed by atoms with van der Waals surface area (Å²) in [6.07, 6.45) is -0.131. The molecule has 1 saturated heterocycles. The first kappa shape index (κ1) is 19.4. The minimum absolute atomic E-state index is 0.0416. The summed E-state index contributed by atoms with van der Waals surface area (Å²) in [6, 6.07) is 13.8. The van der Waals surface area contributed by atoms with Gasteiger partial charge < -0.3 is 25.2 Å². The van der Waals surface area contributed by atoms with Crippen LogP contribution in [0.25, 0.3) is 10.1 Å². The highest BCUT2D eigenvalue weighted by atomic mass is 32.1. The Bertz CT molecular complexity index is 934. The number of aliphatic hydroxyl groups excluding tert-OH is 3. The molecule has 2 aromatic carbocycles. The fourth-order valence-corrected chi connectivity index (χ4v) is 4.97. The van der Waals surface area contributed by atoms with Gasteiger partial charge in [-0.2, -0.15) is 0 Å². The number of phenolic OH excluding ortho intramolecular Hbond substituents is 1. The summed E-state index contributed by atoms with van der Waals surface area (Å²) in [5, 5.41) is 41.0. The van der Waals surface area contributed by atoms with Crippen molar-refractivity contribution >= 4 is 21.4 Å². The van der Waals surface area contributed by atoms with Gasteiger partial charge >= 0.3 is 0 Å². The predicted octanol–water partition coefficient (Wildman–Crippen LogP) is 3.26. The van der Waals surface area contributed by atoms with Crippen molar-refractivity contribution in [3.8, 4) is 5.75 Å². The average molecular weight is 400 g/mol. The fourth-order valence-electron chi connectivity index (χ4n) is 3.88. The number of phenols is 1. The van der Waals surface area contributed by atoms with Crippen LogP contribution in [0.2, 0.25) is 0 Å². The van der Waals surface area contributed by atoms with Crippen LogP contribution in [0.4, 0.5) is 0 Å². The Morgan fingerprint density at radius 2 is 1.86 bits per heavy atom. The zero-order chi connectivity index (χ0) is 19.7. The lowest BCUT2D eigenvalue weighted by atomic mass is 9.92. The summed E-state index contributed by atoms with van der Waals surface area (Å²) in [6.45, 7) is -0.334. The van der Waals surface area contributed by atoms with E-state index in [4.69, 9.17) is 4.74 Å². The van der Waals surface area contributed by atoms with Crippen LogP contribution in [0.1, 0.15) is 40.5 Å². The van der Waals surface area contributed by atoms with E-state index in [-0.39, 0.29) is 19.0 Å². The van der Waals surface area contributed by atoms with Crippen molar-refractivity contribution in [2.24, 2.45) is 0 Å². The number of ether oxygens (including phenoxy) is 1. The molecule has 0 spiro atoms. The summed E-state index contributed by atoms with van der Waals surface area (Å²) in [4.78, 5) is 1.17. The van der Waals surface area contributed by atoms with E-state index in [1.807, 2.05) is 18.2 Å². The molecule has 6 heteroatoms. The lowest BCUT2D eigenvalue weighted by molar-refractivity contribution is -0.114. The molecule has 1 aliphatic rings. The van der Waals surface area contributed by atoms with Gasteiger partial charge in [-0.1, -0.05) is 18.2 Å². The zero-order valence-corrected chi connectivity index (χ0v) is 16.2. The summed E-state index contributed by atoms with van der Waals surface area (Å²) in [5.41, 5.74) is 2.19. The number of benzene rings is 2. The number of hydrogen-bond acceptors (Lipinski definition) is 6. The number of fused-ring (bicyclic) bond motifs is 1. The van der Waals surface area contributed by atoms with Crippen LogP contribution < -0.4 is 0 Å². The van der Waals surface area contributed by atoms with E-state index in [0.29, 0.717) is 30.4 Å². The standard InChI is InChI=1S/C22H24O5S/c23-11-15-8-20(26)19(21-10-16(25)9-17(12-24)27-21)7-14(15)6-18-5-13-3-1-2-4-22(13)28-18/h1-5,7-8,16-17,21,23-26H,6,9-12H2/t16-,17-,21+/m0/s1. The van der Waals surface area contributed by atoms with Crippen molar-refractivity contribution in [3.63, 3.8) is 0 Å². The van der Waals surface area contributed by atoms with Crippen molar-refractivity contribution in [2.75, 3.05) is 6.61 Å². The van der Waals surface area contributed by atoms with Crippen molar-refractivity contribution in [1.82, 2.24) is 0 Å². The largest absolute Gasteiger partial charge is 0.508 e. The first-order valence-electron chi connectivity index (χ1n) is 9.44. The quantitative estimate of drug-likeness (QED) is 0.528. The number of aromatic hydroxyl groups is 1. The Hall–Kier alpha value is -1.96. The molecule has 0 aliphatic carbocycles. The Labute approximate surface area is 167 Å². The summed E-state index contributed by atoms with van der Waals surface area (Å²) in [5.74, 6) is 0.0416. The first-order valence-corrected chi connectivity index (χ1v) is 10.3. The molecule has 1 fully saturated rings. The van der Waals surface area contributed by atoms with E-state index in [1.54, 1.807) is 17.4 Å². The molecular formula is C22H24O5S. The van der Waals surface area contributed by atoms with Crippen LogP contribution in [0.3, 0.4) is 0 Å². The van der Waals surface area contributed by atoms with Gasteiger partial charge in [0.05, 0.1) is 31.5 Å². The zero-order valence-electron chi connectivity index (χ0n) is 15.4. The topological polar surface area (TPSA) is 90.2 Å². The second kappa shape index (κ2) is 8.19. The number of rotatable bonds is 5. The molecule has 1 aromatic heterocycles. The molecule has 2 heterocycles. The van der Waals surface area contributed by atoms with Gasteiger partial charge in [-0.3, -0.25) is 0 Å². The van der Waals surface area contributed by atoms with Crippen LogP contribution in [0.15, 0.2) is 42.5 Å². The maximum Gasteiger partial charge on any atom is 0.121 e. The summed E-state index contributed by atoms with van der Waals surface area (Å²) in [7, 11) is 0. The molecule has 3 atom stereocenters. The monoisotopic (exact) mass is 400 g/mol. The van der Waals surface area contributed by atoms with Crippen molar-refractivity contribution in [1.29, 1.82) is 0 Å². The van der Waals surface area contributed by atoms with Gasteiger partial charge in [-0.15, -0.1) is 11.3 Å². The predicted molar refractivity (Wildman–Crippen MR) is 109 cm³/mol.